The van der Waals surface area contributed by atoms with Gasteiger partial charge >= 0.3 is 30.0 Å². The molecule has 1 saturated heterocycles. The molecule has 2 aromatic carbocycles. The van der Waals surface area contributed by atoms with Crippen molar-refractivity contribution in [2.45, 2.75) is 173 Å². The molecule has 1 amide bonds. The summed E-state index contributed by atoms with van der Waals surface area (Å²) in [6.07, 6.45) is -14.8. The zero-order valence-corrected chi connectivity index (χ0v) is 42.6. The number of esters is 4. The van der Waals surface area contributed by atoms with Crippen molar-refractivity contribution in [2.24, 2.45) is 16.7 Å². The van der Waals surface area contributed by atoms with Crippen LogP contribution in [0.25, 0.3) is 0 Å². The van der Waals surface area contributed by atoms with Gasteiger partial charge in [0.2, 0.25) is 0 Å². The molecule has 1 aliphatic heterocycles. The van der Waals surface area contributed by atoms with E-state index in [0.29, 0.717) is 23.7 Å². The Morgan fingerprint density at radius 3 is 1.99 bits per heavy atom. The molecule has 2 saturated carbocycles. The van der Waals surface area contributed by atoms with Gasteiger partial charge in [0.1, 0.15) is 35.6 Å². The maximum absolute atomic E-state index is 16.8. The summed E-state index contributed by atoms with van der Waals surface area (Å²) in [6.45, 7) is 18.3. The predicted octanol–water partition coefficient (Wildman–Crippen LogP) is 6.81. The van der Waals surface area contributed by atoms with E-state index in [0.717, 1.165) is 13.8 Å². The van der Waals surface area contributed by atoms with Crippen LogP contribution in [0.1, 0.15) is 111 Å². The van der Waals surface area contributed by atoms with Crippen LogP contribution >= 0.6 is 0 Å². The number of hydrogen-bond acceptors (Lipinski definition) is 15. The van der Waals surface area contributed by atoms with Crippen LogP contribution in [0, 0.1) is 16.7 Å². The molecular formula is C51H68FNO15Si. The summed E-state index contributed by atoms with van der Waals surface area (Å²) < 4.78 is 59.9. The lowest BCUT2D eigenvalue weighted by Gasteiger charge is -2.67. The van der Waals surface area contributed by atoms with E-state index in [1.54, 1.807) is 69.3 Å². The van der Waals surface area contributed by atoms with Gasteiger partial charge in [-0.25, -0.2) is 18.8 Å². The molecule has 0 radical (unpaired) electrons. The number of amides is 1. The van der Waals surface area contributed by atoms with Gasteiger partial charge in [0.15, 0.2) is 38.1 Å². The molecule has 18 heteroatoms. The van der Waals surface area contributed by atoms with E-state index in [9.17, 15) is 29.4 Å². The van der Waals surface area contributed by atoms with Crippen molar-refractivity contribution in [2.75, 3.05) is 6.61 Å². The Balaban J connectivity index is 1.61. The van der Waals surface area contributed by atoms with Gasteiger partial charge in [0, 0.05) is 25.7 Å². The number of alkyl carbamates (subject to hydrolysis) is 1. The van der Waals surface area contributed by atoms with E-state index in [-0.39, 0.29) is 16.7 Å². The van der Waals surface area contributed by atoms with Crippen LogP contribution in [0.5, 0.6) is 0 Å². The Kier molecular flexibility index (Phi) is 15.2. The molecule has 2 bridgehead atoms. The highest BCUT2D eigenvalue weighted by atomic mass is 28.4. The highest BCUT2D eigenvalue weighted by Gasteiger charge is 2.80. The Labute approximate surface area is 404 Å². The van der Waals surface area contributed by atoms with Crippen molar-refractivity contribution in [3.63, 3.8) is 0 Å². The van der Waals surface area contributed by atoms with Gasteiger partial charge in [0.25, 0.3) is 0 Å². The topological polar surface area (TPSA) is 220 Å². The number of rotatable bonds is 14. The van der Waals surface area contributed by atoms with Crippen LogP contribution in [0.2, 0.25) is 18.1 Å². The Morgan fingerprint density at radius 2 is 1.48 bits per heavy atom. The van der Waals surface area contributed by atoms with Crippen LogP contribution in [0.4, 0.5) is 9.18 Å². The van der Waals surface area contributed by atoms with Crippen LogP contribution in [-0.4, -0.2) is 120 Å². The number of alkyl halides is 1. The minimum Gasteiger partial charge on any atom is -0.456 e. The predicted molar refractivity (Wildman–Crippen MR) is 249 cm³/mol. The number of carbonyl (C=O) groups is 6. The standard InChI is InChI=1S/C51H68FNO15Si/c1-13-69(14-2,15-3)68-38(36(31-22-18-16-19-23-31)53-46(60)67-47(7,8)9)45(59)64-33-26-51(61)43(65-44(58)32-24-20-17-21-25-32)39-49(12,40(56)35(52)42-50(39,27-62-42)66-30(6)55)41(57)37(63-29(5)54)34(28(33)4)48(51,10)11/h16-25,33,35-40,42-43,56,61H,13-15,26-27H2,1-12H3,(H,53,60)/t33-,35-,36-,37+,38+,39-,40-,42+,43-,49-,50+,51+/m0/s1. The smallest absolute Gasteiger partial charge is 0.408 e. The van der Waals surface area contributed by atoms with E-state index in [1.165, 1.54) is 39.8 Å². The molecule has 0 aromatic heterocycles. The minimum atomic E-state index is -2.79. The van der Waals surface area contributed by atoms with E-state index in [4.69, 9.17) is 32.8 Å². The molecule has 6 rings (SSSR count). The lowest BCUT2D eigenvalue weighted by atomic mass is 9.44. The number of halogens is 1. The van der Waals surface area contributed by atoms with Crippen LogP contribution in [0.15, 0.2) is 71.8 Å². The number of nitrogens with one attached hydrogen (secondary N) is 1. The zero-order chi connectivity index (χ0) is 51.2. The number of ketones is 1. The van der Waals surface area contributed by atoms with Crippen molar-refractivity contribution in [1.82, 2.24) is 5.32 Å². The number of aliphatic hydroxyl groups is 2. The average molecular weight is 982 g/mol. The number of hydrogen-bond donors (Lipinski definition) is 3. The maximum Gasteiger partial charge on any atom is 0.408 e. The van der Waals surface area contributed by atoms with Crippen molar-refractivity contribution in [1.29, 1.82) is 0 Å². The van der Waals surface area contributed by atoms with Crippen LogP contribution < -0.4 is 5.32 Å². The summed E-state index contributed by atoms with van der Waals surface area (Å²) in [5.41, 5.74) is -9.23. The lowest BCUT2D eigenvalue weighted by Crippen LogP contribution is -2.84. The van der Waals surface area contributed by atoms with Crippen LogP contribution in [-0.2, 0) is 52.0 Å². The molecule has 3 aliphatic carbocycles. The average Bonchev–Trinajstić information content (AvgIpc) is 3.27. The quantitative estimate of drug-likeness (QED) is 0.0767. The molecule has 16 nitrogen and oxygen atoms in total. The number of aliphatic hydroxyl groups excluding tert-OH is 1. The second kappa shape index (κ2) is 19.6. The zero-order valence-electron chi connectivity index (χ0n) is 41.6. The maximum atomic E-state index is 16.8. The van der Waals surface area contributed by atoms with Gasteiger partial charge in [-0.2, -0.15) is 0 Å². The molecule has 0 spiro atoms. The third-order valence-electron chi connectivity index (χ3n) is 15.1. The number of benzene rings is 2. The largest absolute Gasteiger partial charge is 0.456 e. The molecule has 0 unspecified atom stereocenters. The molecule has 4 aliphatic rings. The van der Waals surface area contributed by atoms with Gasteiger partial charge in [-0.3, -0.25) is 14.4 Å². The summed E-state index contributed by atoms with van der Waals surface area (Å²) in [4.78, 5) is 85.5. The molecular weight excluding hydrogens is 914 g/mol. The molecule has 3 N–H and O–H groups in total. The first kappa shape index (κ1) is 53.3. The van der Waals surface area contributed by atoms with E-state index in [1.807, 2.05) is 20.8 Å². The fourth-order valence-electron chi connectivity index (χ4n) is 11.2. The second-order valence-corrected chi connectivity index (χ2v) is 25.3. The lowest BCUT2D eigenvalue weighted by molar-refractivity contribution is -0.361. The Hall–Kier alpha value is -5.01. The highest BCUT2D eigenvalue weighted by molar-refractivity contribution is 6.73. The number of ether oxygens (including phenoxy) is 6. The molecule has 12 atom stereocenters. The molecule has 378 valence electrons. The fourth-order valence-corrected chi connectivity index (χ4v) is 14.0. The van der Waals surface area contributed by atoms with Gasteiger partial charge in [-0.15, -0.1) is 0 Å². The number of fused-ring (bicyclic) bond motifs is 5. The fraction of sp³-hybridized carbons (Fsp3) is 0.608. The van der Waals surface area contributed by atoms with Gasteiger partial charge < -0.3 is 48.4 Å². The Morgan fingerprint density at radius 1 is 0.899 bits per heavy atom. The van der Waals surface area contributed by atoms with E-state index >= 15 is 14.0 Å². The summed E-state index contributed by atoms with van der Waals surface area (Å²) in [5, 5.41) is 28.9. The summed E-state index contributed by atoms with van der Waals surface area (Å²) in [5.74, 6) is -6.74. The monoisotopic (exact) mass is 981 g/mol. The second-order valence-electron chi connectivity index (χ2n) is 20.6. The highest BCUT2D eigenvalue weighted by Crippen LogP contribution is 2.65. The molecule has 3 fully saturated rings. The first-order valence-corrected chi connectivity index (χ1v) is 26.2. The summed E-state index contributed by atoms with van der Waals surface area (Å²) in [6, 6.07) is 16.9. The SMILES string of the molecule is CC[Si](CC)(CC)O[C@@H](C(=O)O[C@H]1C[C@@]2(O)[C@@H](OC(=O)c3ccccc3)[C@@H]3[C@]4(OC(C)=O)CO[C@@H]4[C@@H](F)[C@H](O)[C@@]3(C)C(=O)[C@H](OC(C)=O)C(=C1C)C2(C)C)[C@@H](NC(=O)OC(C)(C)C)c1ccccc1. The number of Topliss-reactive ketones (excluding diaryl/α,β-unsaturated/α-hetero) is 1. The van der Waals surface area contributed by atoms with Crippen molar-refractivity contribution in [3.05, 3.63) is 82.9 Å². The third kappa shape index (κ3) is 9.51. The third-order valence-corrected chi connectivity index (χ3v) is 19.7. The van der Waals surface area contributed by atoms with Gasteiger partial charge in [-0.05, 0) is 81.6 Å². The van der Waals surface area contributed by atoms with Crippen molar-refractivity contribution in [3.8, 4) is 0 Å². The molecule has 1 heterocycles. The number of carbonyl (C=O) groups excluding carboxylic acids is 6. The van der Waals surface area contributed by atoms with E-state index < -0.39 is 139 Å². The van der Waals surface area contributed by atoms with E-state index in [2.05, 4.69) is 5.32 Å². The van der Waals surface area contributed by atoms with Gasteiger partial charge in [-0.1, -0.05) is 83.1 Å². The minimum absolute atomic E-state index is 0.0139. The first-order chi connectivity index (χ1) is 32.2. The van der Waals surface area contributed by atoms with Crippen LogP contribution in [0.3, 0.4) is 0 Å². The first-order valence-electron chi connectivity index (χ1n) is 23.7. The molecule has 69 heavy (non-hydrogen) atoms. The summed E-state index contributed by atoms with van der Waals surface area (Å²) in [7, 11) is -2.79. The Bertz CT molecular complexity index is 2310. The normalized spacial score (nSPS) is 31.5. The van der Waals surface area contributed by atoms with Crippen molar-refractivity contribution >= 4 is 44.1 Å². The van der Waals surface area contributed by atoms with Crippen molar-refractivity contribution < 1.29 is 76.2 Å². The molecule has 2 aromatic rings. The summed E-state index contributed by atoms with van der Waals surface area (Å²) >= 11 is 0. The van der Waals surface area contributed by atoms with Gasteiger partial charge in [0.05, 0.1) is 29.5 Å².